The molecule has 4 rings (SSSR count). The molecule has 7 nitrogen and oxygen atoms in total. The summed E-state index contributed by atoms with van der Waals surface area (Å²) < 4.78 is 5.54. The first-order valence-electron chi connectivity index (χ1n) is 10.7. The molecule has 0 atom stereocenters. The van der Waals surface area contributed by atoms with Crippen LogP contribution in [0.4, 0.5) is 10.5 Å². The Morgan fingerprint density at radius 3 is 2.21 bits per heavy atom. The molecule has 0 radical (unpaired) electrons. The maximum absolute atomic E-state index is 12.5. The number of benzene rings is 3. The molecule has 3 aromatic rings. The van der Waals surface area contributed by atoms with Gasteiger partial charge < -0.3 is 15.2 Å². The first-order valence-corrected chi connectivity index (χ1v) is 10.7. The summed E-state index contributed by atoms with van der Waals surface area (Å²) >= 11 is 0. The van der Waals surface area contributed by atoms with Crippen molar-refractivity contribution < 1.29 is 24.2 Å². The van der Waals surface area contributed by atoms with E-state index in [1.165, 1.54) is 0 Å². The summed E-state index contributed by atoms with van der Waals surface area (Å²) in [6, 6.07) is 22.7. The van der Waals surface area contributed by atoms with Gasteiger partial charge >= 0.3 is 12.1 Å². The van der Waals surface area contributed by atoms with Crippen molar-refractivity contribution in [1.29, 1.82) is 0 Å². The van der Waals surface area contributed by atoms with Crippen LogP contribution in [0, 0.1) is 0 Å². The summed E-state index contributed by atoms with van der Waals surface area (Å²) in [5.41, 5.74) is 5.38. The van der Waals surface area contributed by atoms with Crippen molar-refractivity contribution in [2.75, 3.05) is 18.5 Å². The van der Waals surface area contributed by atoms with Gasteiger partial charge in [0.05, 0.1) is 0 Å². The monoisotopic (exact) mass is 444 g/mol. The van der Waals surface area contributed by atoms with E-state index in [2.05, 4.69) is 34.9 Å². The third-order valence-electron chi connectivity index (χ3n) is 5.57. The van der Waals surface area contributed by atoms with Gasteiger partial charge in [0.15, 0.2) is 0 Å². The summed E-state index contributed by atoms with van der Waals surface area (Å²) in [5, 5.41) is 14.0. The Bertz CT molecular complexity index is 1150. The minimum Gasteiger partial charge on any atom is -0.481 e. The number of hydrogen-bond donors (Lipinski definition) is 3. The second kappa shape index (κ2) is 9.99. The standard InChI is InChI=1S/C26H24N2O5/c29-24(30)13-6-14-27-25(31)17-7-5-8-18(15-17)28-26(32)33-16-23-21-11-3-1-9-19(21)20-10-2-4-12-22(20)23/h1-5,7-12,15,23H,6,13-14,16H2,(H,27,31)(H,28,32)(H,29,30). The van der Waals surface area contributed by atoms with E-state index in [9.17, 15) is 14.4 Å². The molecule has 0 heterocycles. The van der Waals surface area contributed by atoms with Crippen LogP contribution in [-0.4, -0.2) is 36.2 Å². The van der Waals surface area contributed by atoms with Crippen molar-refractivity contribution >= 4 is 23.7 Å². The third-order valence-corrected chi connectivity index (χ3v) is 5.57. The molecule has 168 valence electrons. The molecule has 0 fully saturated rings. The Kier molecular flexibility index (Phi) is 6.69. The second-order valence-corrected chi connectivity index (χ2v) is 7.78. The molecule has 2 amide bonds. The van der Waals surface area contributed by atoms with E-state index in [0.717, 1.165) is 22.3 Å². The second-order valence-electron chi connectivity index (χ2n) is 7.78. The summed E-state index contributed by atoms with van der Waals surface area (Å²) in [6.07, 6.45) is -0.265. The lowest BCUT2D eigenvalue weighted by molar-refractivity contribution is -0.137. The zero-order chi connectivity index (χ0) is 23.2. The number of anilines is 1. The van der Waals surface area contributed by atoms with Gasteiger partial charge in [-0.2, -0.15) is 0 Å². The molecule has 3 aromatic carbocycles. The van der Waals surface area contributed by atoms with Gasteiger partial charge in [-0.1, -0.05) is 54.6 Å². The van der Waals surface area contributed by atoms with Crippen LogP contribution in [0.1, 0.15) is 40.2 Å². The normalized spacial score (nSPS) is 11.9. The van der Waals surface area contributed by atoms with Crippen LogP contribution in [0.15, 0.2) is 72.8 Å². The predicted octanol–water partition coefficient (Wildman–Crippen LogP) is 4.64. The van der Waals surface area contributed by atoms with E-state index in [0.29, 0.717) is 17.7 Å². The fourth-order valence-electron chi connectivity index (χ4n) is 4.03. The van der Waals surface area contributed by atoms with Crippen LogP contribution < -0.4 is 10.6 Å². The maximum atomic E-state index is 12.5. The molecule has 3 N–H and O–H groups in total. The highest BCUT2D eigenvalue weighted by atomic mass is 16.5. The Hall–Kier alpha value is -4.13. The maximum Gasteiger partial charge on any atom is 0.411 e. The first kappa shape index (κ1) is 22.1. The smallest absolute Gasteiger partial charge is 0.411 e. The zero-order valence-corrected chi connectivity index (χ0v) is 17.9. The first-order chi connectivity index (χ1) is 16.0. The lowest BCUT2D eigenvalue weighted by Gasteiger charge is -2.15. The van der Waals surface area contributed by atoms with Crippen molar-refractivity contribution in [1.82, 2.24) is 5.32 Å². The van der Waals surface area contributed by atoms with E-state index in [1.807, 2.05) is 24.3 Å². The minimum absolute atomic E-state index is 0.0103. The molecule has 0 spiro atoms. The number of carbonyl (C=O) groups is 3. The number of carboxylic acids is 1. The fraction of sp³-hybridized carbons (Fsp3) is 0.192. The molecular weight excluding hydrogens is 420 g/mol. The fourth-order valence-corrected chi connectivity index (χ4v) is 4.03. The largest absolute Gasteiger partial charge is 0.481 e. The van der Waals surface area contributed by atoms with Gasteiger partial charge in [-0.05, 0) is 46.9 Å². The molecule has 1 aliphatic rings. The number of aliphatic carboxylic acids is 1. The average molecular weight is 444 g/mol. The van der Waals surface area contributed by atoms with E-state index in [4.69, 9.17) is 9.84 Å². The Morgan fingerprint density at radius 2 is 1.55 bits per heavy atom. The molecule has 1 aliphatic carbocycles. The number of rotatable bonds is 8. The zero-order valence-electron chi connectivity index (χ0n) is 17.9. The molecule has 0 saturated carbocycles. The molecule has 0 saturated heterocycles. The van der Waals surface area contributed by atoms with Gasteiger partial charge in [0.1, 0.15) is 6.61 Å². The molecule has 0 bridgehead atoms. The summed E-state index contributed by atoms with van der Waals surface area (Å²) in [5.74, 6) is -1.28. The highest BCUT2D eigenvalue weighted by Gasteiger charge is 2.29. The van der Waals surface area contributed by atoms with Gasteiger partial charge in [0, 0.05) is 30.1 Å². The Morgan fingerprint density at radius 1 is 0.879 bits per heavy atom. The third kappa shape index (κ3) is 5.20. The van der Waals surface area contributed by atoms with E-state index < -0.39 is 12.1 Å². The van der Waals surface area contributed by atoms with Crippen molar-refractivity contribution in [2.24, 2.45) is 0 Å². The molecule has 0 aliphatic heterocycles. The van der Waals surface area contributed by atoms with Crippen LogP contribution >= 0.6 is 0 Å². The number of carbonyl (C=O) groups excluding carboxylic acids is 2. The molecule has 0 aromatic heterocycles. The number of carboxylic acid groups (broad SMARTS) is 1. The van der Waals surface area contributed by atoms with E-state index in [-0.39, 0.29) is 31.4 Å². The van der Waals surface area contributed by atoms with Crippen LogP contribution in [0.5, 0.6) is 0 Å². The SMILES string of the molecule is O=C(O)CCCNC(=O)c1cccc(NC(=O)OCC2c3ccccc3-c3ccccc32)c1. The van der Waals surface area contributed by atoms with Gasteiger partial charge in [-0.15, -0.1) is 0 Å². The van der Waals surface area contributed by atoms with Crippen LogP contribution in [0.25, 0.3) is 11.1 Å². The van der Waals surface area contributed by atoms with Crippen LogP contribution in [0.2, 0.25) is 0 Å². The Balaban J connectivity index is 1.35. The average Bonchev–Trinajstić information content (AvgIpc) is 3.14. The van der Waals surface area contributed by atoms with E-state index in [1.54, 1.807) is 24.3 Å². The quantitative estimate of drug-likeness (QED) is 0.439. The van der Waals surface area contributed by atoms with Gasteiger partial charge in [-0.3, -0.25) is 14.9 Å². The summed E-state index contributed by atoms with van der Waals surface area (Å²) in [6.45, 7) is 0.457. The molecule has 7 heteroatoms. The van der Waals surface area contributed by atoms with Gasteiger partial charge in [-0.25, -0.2) is 4.79 Å². The Labute approximate surface area is 191 Å². The number of nitrogens with one attached hydrogen (secondary N) is 2. The van der Waals surface area contributed by atoms with Crippen molar-refractivity contribution in [3.05, 3.63) is 89.5 Å². The highest BCUT2D eigenvalue weighted by Crippen LogP contribution is 2.44. The molecule has 0 unspecified atom stereocenters. The highest BCUT2D eigenvalue weighted by molar-refractivity contribution is 5.96. The topological polar surface area (TPSA) is 105 Å². The van der Waals surface area contributed by atoms with Crippen molar-refractivity contribution in [3.8, 4) is 11.1 Å². The number of fused-ring (bicyclic) bond motifs is 3. The number of ether oxygens (including phenoxy) is 1. The minimum atomic E-state index is -0.904. The van der Waals surface area contributed by atoms with Gasteiger partial charge in [0.2, 0.25) is 0 Å². The summed E-state index contributed by atoms with van der Waals surface area (Å²) in [4.78, 5) is 35.3. The number of hydrogen-bond acceptors (Lipinski definition) is 4. The van der Waals surface area contributed by atoms with E-state index >= 15 is 0 Å². The number of amides is 2. The molecular formula is C26H24N2O5. The van der Waals surface area contributed by atoms with Crippen molar-refractivity contribution in [2.45, 2.75) is 18.8 Å². The van der Waals surface area contributed by atoms with Gasteiger partial charge in [0.25, 0.3) is 5.91 Å². The predicted molar refractivity (Wildman–Crippen MR) is 124 cm³/mol. The summed E-state index contributed by atoms with van der Waals surface area (Å²) in [7, 11) is 0. The molecule has 33 heavy (non-hydrogen) atoms. The van der Waals surface area contributed by atoms with Crippen molar-refractivity contribution in [3.63, 3.8) is 0 Å². The van der Waals surface area contributed by atoms with Crippen LogP contribution in [-0.2, 0) is 9.53 Å². The lowest BCUT2D eigenvalue weighted by Crippen LogP contribution is -2.25. The lowest BCUT2D eigenvalue weighted by atomic mass is 9.98. The van der Waals surface area contributed by atoms with Crippen LogP contribution in [0.3, 0.4) is 0 Å².